The maximum atomic E-state index is 11.9. The third-order valence-corrected chi connectivity index (χ3v) is 5.40. The quantitative estimate of drug-likeness (QED) is 0.620. The number of anilines is 1. The molecular weight excluding hydrogens is 372 g/mol. The van der Waals surface area contributed by atoms with E-state index >= 15 is 0 Å². The smallest absolute Gasteiger partial charge is 0.236 e. The third kappa shape index (κ3) is 4.38. The zero-order valence-electron chi connectivity index (χ0n) is 14.6. The van der Waals surface area contributed by atoms with Crippen molar-refractivity contribution in [2.24, 2.45) is 7.05 Å². The van der Waals surface area contributed by atoms with E-state index in [1.54, 1.807) is 5.51 Å². The van der Waals surface area contributed by atoms with Crippen LogP contribution in [0.3, 0.4) is 0 Å². The average molecular weight is 390 g/mol. The molecule has 1 aromatic carbocycles. The average Bonchev–Trinajstić information content (AvgIpc) is 3.25. The van der Waals surface area contributed by atoms with Crippen LogP contribution in [0.1, 0.15) is 17.0 Å². The van der Waals surface area contributed by atoms with Gasteiger partial charge in [0.25, 0.3) is 0 Å². The Morgan fingerprint density at radius 1 is 1.31 bits per heavy atom. The van der Waals surface area contributed by atoms with E-state index in [-0.39, 0.29) is 11.7 Å². The molecule has 3 rings (SSSR count). The Hall–Kier alpha value is -2.46. The Morgan fingerprint density at radius 2 is 2.15 bits per heavy atom. The topological polar surface area (TPSA) is 94.8 Å². The fraction of sp³-hybridized carbons (Fsp3) is 0.312. The van der Waals surface area contributed by atoms with Gasteiger partial charge in [0.05, 0.1) is 5.75 Å². The molecule has 136 valence electrons. The Kier molecular flexibility index (Phi) is 5.84. The highest BCUT2D eigenvalue weighted by atomic mass is 32.2. The number of benzene rings is 1. The van der Waals surface area contributed by atoms with Gasteiger partial charge in [-0.2, -0.15) is 0 Å². The van der Waals surface area contributed by atoms with E-state index in [0.29, 0.717) is 22.7 Å². The van der Waals surface area contributed by atoms with E-state index in [4.69, 9.17) is 4.74 Å². The van der Waals surface area contributed by atoms with Gasteiger partial charge in [-0.1, -0.05) is 35.2 Å². The number of aromatic nitrogens is 5. The number of thioether (sulfide) groups is 1. The number of rotatable bonds is 7. The number of nitrogens with zero attached hydrogens (tertiary/aromatic N) is 5. The van der Waals surface area contributed by atoms with Crippen LogP contribution in [0.5, 0.6) is 5.75 Å². The number of amides is 1. The SMILES string of the molecule is Cc1cccc(OCc2nnc(SCC(=O)Nc3nncs3)n2C)c1C. The summed E-state index contributed by atoms with van der Waals surface area (Å²) in [5, 5.41) is 19.5. The first kappa shape index (κ1) is 18.3. The Morgan fingerprint density at radius 3 is 2.92 bits per heavy atom. The molecular formula is C16H18N6O2S2. The van der Waals surface area contributed by atoms with Crippen molar-refractivity contribution in [2.75, 3.05) is 11.1 Å². The minimum Gasteiger partial charge on any atom is -0.485 e. The first-order valence-corrected chi connectivity index (χ1v) is 9.67. The number of hydrogen-bond acceptors (Lipinski definition) is 8. The molecule has 0 fully saturated rings. The van der Waals surface area contributed by atoms with Gasteiger partial charge in [0.15, 0.2) is 11.0 Å². The highest BCUT2D eigenvalue weighted by Gasteiger charge is 2.13. The molecule has 1 N–H and O–H groups in total. The van der Waals surface area contributed by atoms with E-state index in [1.807, 2.05) is 43.7 Å². The van der Waals surface area contributed by atoms with Crippen LogP contribution in [0, 0.1) is 13.8 Å². The summed E-state index contributed by atoms with van der Waals surface area (Å²) in [6, 6.07) is 5.95. The van der Waals surface area contributed by atoms with Crippen LogP contribution in [0.4, 0.5) is 5.13 Å². The van der Waals surface area contributed by atoms with Gasteiger partial charge in [0.1, 0.15) is 17.9 Å². The van der Waals surface area contributed by atoms with Gasteiger partial charge >= 0.3 is 0 Å². The third-order valence-electron chi connectivity index (χ3n) is 3.78. The molecule has 0 radical (unpaired) electrons. The number of nitrogens with one attached hydrogen (secondary N) is 1. The lowest BCUT2D eigenvalue weighted by atomic mass is 10.1. The molecule has 0 saturated carbocycles. The molecule has 10 heteroatoms. The highest BCUT2D eigenvalue weighted by molar-refractivity contribution is 7.99. The standard InChI is InChI=1S/C16H18N6O2S2/c1-10-5-4-6-12(11(10)2)24-7-13-19-21-16(22(13)3)25-8-14(23)18-15-20-17-9-26-15/h4-6,9H,7-8H2,1-3H3,(H,18,20,23). The number of aryl methyl sites for hydroxylation is 1. The summed E-state index contributed by atoms with van der Waals surface area (Å²) in [5.74, 6) is 1.57. The van der Waals surface area contributed by atoms with Gasteiger partial charge in [0.2, 0.25) is 11.0 Å². The predicted octanol–water partition coefficient (Wildman–Crippen LogP) is 2.59. The monoisotopic (exact) mass is 390 g/mol. The van der Waals surface area contributed by atoms with E-state index in [0.717, 1.165) is 11.3 Å². The van der Waals surface area contributed by atoms with Crippen molar-refractivity contribution in [3.05, 3.63) is 40.7 Å². The fourth-order valence-electron chi connectivity index (χ4n) is 2.13. The molecule has 0 aliphatic carbocycles. The van der Waals surface area contributed by atoms with Gasteiger partial charge in [-0.25, -0.2) is 0 Å². The van der Waals surface area contributed by atoms with Crippen molar-refractivity contribution < 1.29 is 9.53 Å². The minimum absolute atomic E-state index is 0.164. The molecule has 0 aliphatic heterocycles. The highest BCUT2D eigenvalue weighted by Crippen LogP contribution is 2.22. The second-order valence-corrected chi connectivity index (χ2v) is 7.30. The summed E-state index contributed by atoms with van der Waals surface area (Å²) < 4.78 is 7.70. The first-order valence-electron chi connectivity index (χ1n) is 7.80. The molecule has 0 atom stereocenters. The summed E-state index contributed by atoms with van der Waals surface area (Å²) in [6.45, 7) is 4.39. The van der Waals surface area contributed by atoms with Crippen molar-refractivity contribution in [3.8, 4) is 5.75 Å². The van der Waals surface area contributed by atoms with Gasteiger partial charge < -0.3 is 9.30 Å². The summed E-state index contributed by atoms with van der Waals surface area (Å²) in [6.07, 6.45) is 0. The Balaban J connectivity index is 1.55. The van der Waals surface area contributed by atoms with Gasteiger partial charge in [-0.3, -0.25) is 10.1 Å². The maximum Gasteiger partial charge on any atom is 0.236 e. The van der Waals surface area contributed by atoms with E-state index in [2.05, 4.69) is 25.7 Å². The molecule has 1 amide bonds. The van der Waals surface area contributed by atoms with Crippen molar-refractivity contribution in [1.82, 2.24) is 25.0 Å². The second kappa shape index (κ2) is 8.28. The summed E-state index contributed by atoms with van der Waals surface area (Å²) >= 11 is 2.58. The molecule has 8 nitrogen and oxygen atoms in total. The molecule has 26 heavy (non-hydrogen) atoms. The number of ether oxygens (including phenoxy) is 1. The molecule has 0 unspecified atom stereocenters. The van der Waals surface area contributed by atoms with Crippen LogP contribution in [-0.4, -0.2) is 36.6 Å². The minimum atomic E-state index is -0.164. The van der Waals surface area contributed by atoms with Crippen LogP contribution < -0.4 is 10.1 Å². The lowest BCUT2D eigenvalue weighted by molar-refractivity contribution is -0.113. The number of carbonyl (C=O) groups is 1. The zero-order chi connectivity index (χ0) is 18.5. The molecule has 2 heterocycles. The second-order valence-electron chi connectivity index (χ2n) is 5.53. The summed E-state index contributed by atoms with van der Waals surface area (Å²) in [5.41, 5.74) is 3.85. The van der Waals surface area contributed by atoms with E-state index in [1.165, 1.54) is 28.7 Å². The zero-order valence-corrected chi connectivity index (χ0v) is 16.2. The predicted molar refractivity (Wildman–Crippen MR) is 101 cm³/mol. The molecule has 0 spiro atoms. The van der Waals surface area contributed by atoms with Crippen molar-refractivity contribution in [3.63, 3.8) is 0 Å². The molecule has 3 aromatic rings. The fourth-order valence-corrected chi connectivity index (χ4v) is 3.32. The van der Waals surface area contributed by atoms with Crippen LogP contribution in [0.15, 0.2) is 28.9 Å². The van der Waals surface area contributed by atoms with Crippen molar-refractivity contribution in [1.29, 1.82) is 0 Å². The molecule has 2 aromatic heterocycles. The number of hydrogen-bond donors (Lipinski definition) is 1. The largest absolute Gasteiger partial charge is 0.485 e. The summed E-state index contributed by atoms with van der Waals surface area (Å²) in [7, 11) is 1.85. The lowest BCUT2D eigenvalue weighted by Crippen LogP contribution is -2.14. The van der Waals surface area contributed by atoms with Crippen molar-refractivity contribution in [2.45, 2.75) is 25.6 Å². The van der Waals surface area contributed by atoms with Gasteiger partial charge in [0, 0.05) is 7.05 Å². The van der Waals surface area contributed by atoms with Crippen LogP contribution in [0.25, 0.3) is 0 Å². The van der Waals surface area contributed by atoms with Crippen LogP contribution in [-0.2, 0) is 18.4 Å². The Bertz CT molecular complexity index is 894. The maximum absolute atomic E-state index is 11.9. The van der Waals surface area contributed by atoms with Gasteiger partial charge in [-0.15, -0.1) is 20.4 Å². The number of carbonyl (C=O) groups excluding carboxylic acids is 1. The van der Waals surface area contributed by atoms with Gasteiger partial charge in [-0.05, 0) is 31.0 Å². The van der Waals surface area contributed by atoms with E-state index < -0.39 is 0 Å². The first-order chi connectivity index (χ1) is 12.5. The normalized spacial score (nSPS) is 10.7. The molecule has 0 saturated heterocycles. The lowest BCUT2D eigenvalue weighted by Gasteiger charge is -2.10. The Labute approximate surface area is 159 Å². The van der Waals surface area contributed by atoms with Crippen LogP contribution >= 0.6 is 23.1 Å². The molecule has 0 aliphatic rings. The summed E-state index contributed by atoms with van der Waals surface area (Å²) in [4.78, 5) is 11.9. The van der Waals surface area contributed by atoms with Crippen LogP contribution in [0.2, 0.25) is 0 Å². The van der Waals surface area contributed by atoms with Crippen molar-refractivity contribution >= 4 is 34.1 Å². The van der Waals surface area contributed by atoms with E-state index in [9.17, 15) is 4.79 Å². The molecule has 0 bridgehead atoms.